The van der Waals surface area contributed by atoms with Gasteiger partial charge in [0.25, 0.3) is 30.1 Å². The van der Waals surface area contributed by atoms with Crippen molar-refractivity contribution in [1.29, 1.82) is 0 Å². The number of halogens is 7. The highest BCUT2D eigenvalue weighted by molar-refractivity contribution is 9.10. The van der Waals surface area contributed by atoms with Gasteiger partial charge in [0, 0.05) is 190 Å². The highest BCUT2D eigenvalue weighted by Gasteiger charge is 2.30. The predicted octanol–water partition coefficient (Wildman–Crippen LogP) is 18.3. The Kier molecular flexibility index (Phi) is 27.2. The Morgan fingerprint density at radius 2 is 0.711 bits per heavy atom. The Morgan fingerprint density at radius 1 is 0.405 bits per heavy atom. The number of nitrogens with zero attached hydrogens (tertiary/aromatic N) is 9. The van der Waals surface area contributed by atoms with Crippen molar-refractivity contribution < 1.29 is 62.7 Å². The van der Waals surface area contributed by atoms with Crippen molar-refractivity contribution in [3.05, 3.63) is 287 Å². The zero-order chi connectivity index (χ0) is 85.0. The molecular formula is C87H77BBrCl3F3N9O11S6. The van der Waals surface area contributed by atoms with Gasteiger partial charge in [-0.2, -0.15) is 0 Å². The van der Waals surface area contributed by atoms with E-state index in [1.807, 2.05) is 39.0 Å². The molecule has 0 amide bonds. The topological polar surface area (TPSA) is 234 Å². The largest absolute Gasteiger partial charge is 0.499 e. The number of morpholine rings is 3. The van der Waals surface area contributed by atoms with Crippen LogP contribution in [0.2, 0.25) is 15.1 Å². The van der Waals surface area contributed by atoms with Crippen molar-refractivity contribution in [1.82, 2.24) is 41.6 Å². The molecule has 0 unspecified atom stereocenters. The van der Waals surface area contributed by atoms with Crippen LogP contribution in [0.1, 0.15) is 31.3 Å². The molecule has 3 saturated heterocycles. The van der Waals surface area contributed by atoms with Crippen LogP contribution in [0.4, 0.5) is 13.2 Å². The second-order valence-corrected chi connectivity index (χ2v) is 39.9. The van der Waals surface area contributed by atoms with Crippen LogP contribution in [0, 0.1) is 38.2 Å². The highest BCUT2D eigenvalue weighted by atomic mass is 79.9. The van der Waals surface area contributed by atoms with Gasteiger partial charge in [-0.25, -0.2) is 65.3 Å². The van der Waals surface area contributed by atoms with Crippen LogP contribution in [-0.4, -0.2) is 163 Å². The zero-order valence-corrected chi connectivity index (χ0v) is 73.9. The lowest BCUT2D eigenvalue weighted by Crippen LogP contribution is -2.35. The maximum Gasteiger partial charge on any atom is 0.499 e. The number of aryl methyl sites for hydroxylation is 3. The standard InChI is InChI=1S/2C29H25ClFN3O3S2.C20H13BrClFN2O2S.C9H14BNO3S/c2*1-19-5-8-22(9-6-19)39(35,36)34-18-25(23-3-2-4-26(31)28(23)30)24-15-20(16-32-29(24)34)27-10-7-21(38-27)17-33-11-13-37-14-12-33;1-12-5-7-14(8-6-12)28(26,27)25-11-17(15-3-2-4-18(23)19(15)22)16-9-13(21)10-24-20(16)25;12-10(13)9-2-1-8(15-9)7-11-3-5-14-6-4-11/h2*2-10,15-16,18H,11-14,17H2,1H3;2-11H,1H3;1-2,12-13H,3-7H2. The molecule has 624 valence electrons. The lowest BCUT2D eigenvalue weighted by atomic mass is 9.90. The van der Waals surface area contributed by atoms with E-state index in [4.69, 9.17) is 59.1 Å². The number of rotatable bonds is 18. The smallest absolute Gasteiger partial charge is 0.423 e. The SMILES string of the molecule is Cc1ccc(S(=O)(=O)n2cc(-c3cccc(F)c3Cl)c3cc(-c4ccc(CN5CCOCC5)s4)cnc32)cc1.Cc1ccc(S(=O)(=O)n2cc(-c3cccc(F)c3Cl)c3cc(-c4ccc(CN5CCOCC5)s4)cnc32)cc1.Cc1ccc(S(=O)(=O)n2cc(-c3cccc(F)c3Cl)c3cc(Br)cnc32)cc1.OB(O)c1ccc(CN2CCOCC2)s1. The van der Waals surface area contributed by atoms with Gasteiger partial charge in [0.1, 0.15) is 17.5 Å². The molecule has 0 aliphatic carbocycles. The van der Waals surface area contributed by atoms with Crippen LogP contribution in [0.15, 0.2) is 238 Å². The molecule has 121 heavy (non-hydrogen) atoms. The molecule has 18 rings (SSSR count). The summed E-state index contributed by atoms with van der Waals surface area (Å²) >= 11 is 27.1. The number of thiophene rings is 3. The van der Waals surface area contributed by atoms with Gasteiger partial charge >= 0.3 is 7.12 Å². The molecule has 9 aromatic heterocycles. The fraction of sp³-hybridized carbons (Fsp3) is 0.207. The summed E-state index contributed by atoms with van der Waals surface area (Å²) in [7, 11) is -13.2. The van der Waals surface area contributed by atoms with E-state index in [0.717, 1.165) is 148 Å². The molecule has 20 nitrogen and oxygen atoms in total. The second-order valence-electron chi connectivity index (χ2n) is 28.9. The number of hydrogen-bond donors (Lipinski definition) is 2. The Balaban J connectivity index is 0.000000131. The number of fused-ring (bicyclic) bond motifs is 3. The average Bonchev–Trinajstić information content (AvgIpc) is 1.60. The summed E-state index contributed by atoms with van der Waals surface area (Å²) in [6.07, 6.45) is 9.28. The van der Waals surface area contributed by atoms with Crippen LogP contribution in [0.5, 0.6) is 0 Å². The maximum absolute atomic E-state index is 14.5. The van der Waals surface area contributed by atoms with E-state index in [1.165, 1.54) is 75.0 Å². The van der Waals surface area contributed by atoms with Crippen LogP contribution in [0.25, 0.3) is 87.4 Å². The molecule has 15 aromatic rings. The summed E-state index contributed by atoms with van der Waals surface area (Å²) in [5.74, 6) is -1.73. The van der Waals surface area contributed by atoms with E-state index in [9.17, 15) is 38.4 Å². The van der Waals surface area contributed by atoms with E-state index in [1.54, 1.807) is 150 Å². The van der Waals surface area contributed by atoms with Crippen molar-refractivity contribution in [3.8, 4) is 54.3 Å². The predicted molar refractivity (Wildman–Crippen MR) is 478 cm³/mol. The minimum atomic E-state index is -3.98. The highest BCUT2D eigenvalue weighted by Crippen LogP contribution is 2.44. The summed E-state index contributed by atoms with van der Waals surface area (Å²) in [5.41, 5.74) is 7.93. The van der Waals surface area contributed by atoms with Crippen LogP contribution >= 0.6 is 84.7 Å². The molecule has 0 saturated carbocycles. The van der Waals surface area contributed by atoms with Gasteiger partial charge in [-0.05, 0) is 140 Å². The first-order valence-electron chi connectivity index (χ1n) is 38.2. The number of pyridine rings is 3. The zero-order valence-electron chi connectivity index (χ0n) is 65.2. The quantitative estimate of drug-likeness (QED) is 0.0760. The van der Waals surface area contributed by atoms with Gasteiger partial charge in [0.05, 0.1) is 69.4 Å². The first-order valence-corrected chi connectivity index (χ1v) is 46.9. The van der Waals surface area contributed by atoms with Gasteiger partial charge in [-0.1, -0.05) is 130 Å². The van der Waals surface area contributed by atoms with Crippen molar-refractivity contribution in [3.63, 3.8) is 0 Å². The molecular weight excluding hydrogens is 1790 g/mol. The molecule has 2 N–H and O–H groups in total. The van der Waals surface area contributed by atoms with Crippen molar-refractivity contribution in [2.75, 3.05) is 78.9 Å². The summed E-state index contributed by atoms with van der Waals surface area (Å²) in [4.78, 5) is 26.6. The molecule has 6 aromatic carbocycles. The Bertz CT molecular complexity index is 6400. The van der Waals surface area contributed by atoms with Crippen LogP contribution in [-0.2, 0) is 63.9 Å². The normalized spacial score (nSPS) is 14.5. The van der Waals surface area contributed by atoms with Gasteiger partial charge < -0.3 is 24.3 Å². The third-order valence-electron chi connectivity index (χ3n) is 20.5. The Morgan fingerprint density at radius 3 is 1.03 bits per heavy atom. The van der Waals surface area contributed by atoms with E-state index >= 15 is 0 Å². The molecule has 3 aliphatic rings. The van der Waals surface area contributed by atoms with E-state index in [0.29, 0.717) is 58.8 Å². The van der Waals surface area contributed by atoms with Crippen LogP contribution < -0.4 is 4.78 Å². The van der Waals surface area contributed by atoms with Crippen molar-refractivity contribution in [2.24, 2.45) is 0 Å². The summed E-state index contributed by atoms with van der Waals surface area (Å²) in [6, 6.07) is 50.9. The summed E-state index contributed by atoms with van der Waals surface area (Å²) in [5, 5.41) is 19.4. The van der Waals surface area contributed by atoms with Gasteiger partial charge in [-0.3, -0.25) is 14.7 Å². The number of benzene rings is 6. The van der Waals surface area contributed by atoms with Crippen LogP contribution in [0.3, 0.4) is 0 Å². The number of ether oxygens (including phenoxy) is 3. The third kappa shape index (κ3) is 19.4. The monoisotopic (exact) mass is 1870 g/mol. The second kappa shape index (κ2) is 37.7. The van der Waals surface area contributed by atoms with E-state index in [-0.39, 0.29) is 46.7 Å². The molecule has 0 bridgehead atoms. The molecule has 0 spiro atoms. The Hall–Kier alpha value is -8.78. The number of aromatic nitrogens is 6. The number of hydrogen-bond acceptors (Lipinski definition) is 20. The van der Waals surface area contributed by atoms with Crippen molar-refractivity contribution in [2.45, 2.75) is 55.1 Å². The maximum atomic E-state index is 14.5. The summed E-state index contributed by atoms with van der Waals surface area (Å²) < 4.78 is 145. The first-order chi connectivity index (χ1) is 58.2. The fourth-order valence-corrected chi connectivity index (χ4v) is 22.1. The van der Waals surface area contributed by atoms with Gasteiger partial charge in [0.15, 0.2) is 16.9 Å². The molecule has 34 heteroatoms. The lowest BCUT2D eigenvalue weighted by molar-refractivity contribution is 0.0346. The van der Waals surface area contributed by atoms with Gasteiger partial charge in [0.2, 0.25) is 0 Å². The molecule has 3 aliphatic heterocycles. The molecule has 0 atom stereocenters. The summed E-state index contributed by atoms with van der Waals surface area (Å²) in [6.45, 7) is 18.3. The van der Waals surface area contributed by atoms with E-state index < -0.39 is 54.6 Å². The third-order valence-corrected chi connectivity index (χ3v) is 30.5. The molecule has 12 heterocycles. The minimum Gasteiger partial charge on any atom is -0.423 e. The molecule has 3 fully saturated rings. The van der Waals surface area contributed by atoms with E-state index in [2.05, 4.69) is 69.8 Å². The lowest BCUT2D eigenvalue weighted by Gasteiger charge is -2.25. The van der Waals surface area contributed by atoms with Gasteiger partial charge in [-0.15, -0.1) is 34.0 Å². The fourth-order valence-electron chi connectivity index (χ4n) is 14.1. The minimum absolute atomic E-state index is 0.0707. The van der Waals surface area contributed by atoms with Crippen molar-refractivity contribution >= 4 is 160 Å². The molecule has 0 radical (unpaired) electrons. The average molecular weight is 1870 g/mol. The first kappa shape index (κ1) is 87.1. The Labute approximate surface area is 733 Å².